The predicted octanol–water partition coefficient (Wildman–Crippen LogP) is 4.21. The molecule has 0 saturated carbocycles. The molecular weight excluding hydrogens is 367 g/mol. The van der Waals surface area contributed by atoms with Crippen molar-refractivity contribution < 1.29 is 14.0 Å². The molecule has 0 aromatic heterocycles. The highest BCUT2D eigenvalue weighted by Gasteiger charge is 2.27. The Morgan fingerprint density at radius 3 is 2.44 bits per heavy atom. The minimum Gasteiger partial charge on any atom is -0.342 e. The number of rotatable bonds is 4. The molecule has 0 bridgehead atoms. The number of hydrogen-bond donors (Lipinski definition) is 1. The van der Waals surface area contributed by atoms with Crippen molar-refractivity contribution >= 4 is 29.1 Å². The molecule has 1 aliphatic heterocycles. The molecule has 0 radical (unpaired) electrons. The SMILES string of the molecule is Cc1ccc(NC(=O)C2CCN(C(=O)Cc3ccc(Cl)cc3)CC2)cc1F. The molecule has 142 valence electrons. The normalized spacial score (nSPS) is 14.9. The Balaban J connectivity index is 1.50. The van der Waals surface area contributed by atoms with Crippen molar-refractivity contribution in [3.8, 4) is 0 Å². The Morgan fingerprint density at radius 1 is 1.15 bits per heavy atom. The van der Waals surface area contributed by atoms with E-state index in [1.165, 1.54) is 6.07 Å². The average Bonchev–Trinajstić information content (AvgIpc) is 2.66. The van der Waals surface area contributed by atoms with Crippen LogP contribution in [0, 0.1) is 18.7 Å². The van der Waals surface area contributed by atoms with Crippen molar-refractivity contribution in [3.63, 3.8) is 0 Å². The lowest BCUT2D eigenvalue weighted by Crippen LogP contribution is -2.42. The summed E-state index contributed by atoms with van der Waals surface area (Å²) in [7, 11) is 0. The maximum absolute atomic E-state index is 13.6. The lowest BCUT2D eigenvalue weighted by molar-refractivity contribution is -0.133. The molecule has 0 unspecified atom stereocenters. The lowest BCUT2D eigenvalue weighted by Gasteiger charge is -2.31. The molecule has 1 saturated heterocycles. The van der Waals surface area contributed by atoms with Gasteiger partial charge in [-0.15, -0.1) is 0 Å². The molecule has 27 heavy (non-hydrogen) atoms. The zero-order valence-electron chi connectivity index (χ0n) is 15.2. The highest BCUT2D eigenvalue weighted by Crippen LogP contribution is 2.21. The van der Waals surface area contributed by atoms with E-state index in [1.807, 2.05) is 12.1 Å². The summed E-state index contributed by atoms with van der Waals surface area (Å²) >= 11 is 5.86. The van der Waals surface area contributed by atoms with Gasteiger partial charge in [-0.1, -0.05) is 29.8 Å². The smallest absolute Gasteiger partial charge is 0.227 e. The number of aryl methyl sites for hydroxylation is 1. The number of likely N-dealkylation sites (tertiary alicyclic amines) is 1. The molecule has 1 N–H and O–H groups in total. The quantitative estimate of drug-likeness (QED) is 0.853. The van der Waals surface area contributed by atoms with E-state index in [4.69, 9.17) is 11.6 Å². The number of nitrogens with one attached hydrogen (secondary N) is 1. The number of anilines is 1. The fraction of sp³-hybridized carbons (Fsp3) is 0.333. The first-order chi connectivity index (χ1) is 12.9. The Hall–Kier alpha value is -2.40. The topological polar surface area (TPSA) is 49.4 Å². The minimum atomic E-state index is -0.338. The summed E-state index contributed by atoms with van der Waals surface area (Å²) in [5.74, 6) is -0.579. The van der Waals surface area contributed by atoms with E-state index in [0.29, 0.717) is 48.6 Å². The number of hydrogen-bond acceptors (Lipinski definition) is 2. The Bertz CT molecular complexity index is 831. The zero-order valence-corrected chi connectivity index (χ0v) is 15.9. The largest absolute Gasteiger partial charge is 0.342 e. The Labute approximate surface area is 163 Å². The van der Waals surface area contributed by atoms with Gasteiger partial charge in [0.25, 0.3) is 0 Å². The second kappa shape index (κ2) is 8.53. The van der Waals surface area contributed by atoms with Crippen LogP contribution in [0.4, 0.5) is 10.1 Å². The maximum atomic E-state index is 13.6. The van der Waals surface area contributed by atoms with Crippen LogP contribution in [0.3, 0.4) is 0 Å². The molecule has 1 heterocycles. The molecule has 0 spiro atoms. The van der Waals surface area contributed by atoms with Crippen LogP contribution in [0.1, 0.15) is 24.0 Å². The van der Waals surface area contributed by atoms with Crippen LogP contribution in [0.25, 0.3) is 0 Å². The Morgan fingerprint density at radius 2 is 1.81 bits per heavy atom. The summed E-state index contributed by atoms with van der Waals surface area (Å²) in [6, 6.07) is 11.9. The van der Waals surface area contributed by atoms with E-state index in [9.17, 15) is 14.0 Å². The zero-order chi connectivity index (χ0) is 19.4. The van der Waals surface area contributed by atoms with Crippen molar-refractivity contribution in [1.82, 2.24) is 4.90 Å². The predicted molar refractivity (Wildman–Crippen MR) is 104 cm³/mol. The average molecular weight is 389 g/mol. The monoisotopic (exact) mass is 388 g/mol. The maximum Gasteiger partial charge on any atom is 0.227 e. The van der Waals surface area contributed by atoms with Gasteiger partial charge in [0.2, 0.25) is 11.8 Å². The van der Waals surface area contributed by atoms with Gasteiger partial charge in [0.05, 0.1) is 6.42 Å². The molecule has 4 nitrogen and oxygen atoms in total. The second-order valence-electron chi connectivity index (χ2n) is 6.91. The van der Waals surface area contributed by atoms with Crippen LogP contribution < -0.4 is 5.32 Å². The molecule has 2 aromatic rings. The van der Waals surface area contributed by atoms with Crippen LogP contribution >= 0.6 is 11.6 Å². The number of amides is 2. The first kappa shape index (κ1) is 19.4. The molecule has 1 fully saturated rings. The highest BCUT2D eigenvalue weighted by molar-refractivity contribution is 6.30. The fourth-order valence-corrected chi connectivity index (χ4v) is 3.32. The number of nitrogens with zero attached hydrogens (tertiary/aromatic N) is 1. The van der Waals surface area contributed by atoms with Gasteiger partial charge in [-0.05, 0) is 55.2 Å². The van der Waals surface area contributed by atoms with E-state index in [2.05, 4.69) is 5.32 Å². The standard InChI is InChI=1S/C21H22ClFN2O2/c1-14-2-7-18(13-19(14)23)24-21(27)16-8-10-25(11-9-16)20(26)12-15-3-5-17(22)6-4-15/h2-7,13,16H,8-12H2,1H3,(H,24,27). The molecule has 3 rings (SSSR count). The van der Waals surface area contributed by atoms with Gasteiger partial charge >= 0.3 is 0 Å². The number of benzene rings is 2. The van der Waals surface area contributed by atoms with E-state index < -0.39 is 0 Å². The second-order valence-corrected chi connectivity index (χ2v) is 7.35. The van der Waals surface area contributed by atoms with Crippen LogP contribution in [0.2, 0.25) is 5.02 Å². The third-order valence-corrected chi connectivity index (χ3v) is 5.18. The van der Waals surface area contributed by atoms with E-state index in [-0.39, 0.29) is 23.5 Å². The van der Waals surface area contributed by atoms with E-state index in [0.717, 1.165) is 5.56 Å². The lowest BCUT2D eigenvalue weighted by atomic mass is 9.95. The van der Waals surface area contributed by atoms with Gasteiger partial charge in [-0.25, -0.2) is 4.39 Å². The number of halogens is 2. The molecular formula is C21H22ClFN2O2. The third-order valence-electron chi connectivity index (χ3n) is 4.93. The first-order valence-electron chi connectivity index (χ1n) is 9.01. The summed E-state index contributed by atoms with van der Waals surface area (Å²) in [5.41, 5.74) is 1.93. The summed E-state index contributed by atoms with van der Waals surface area (Å²) in [4.78, 5) is 26.6. The minimum absolute atomic E-state index is 0.0526. The van der Waals surface area contributed by atoms with Gasteiger partial charge in [0.15, 0.2) is 0 Å². The van der Waals surface area contributed by atoms with Crippen molar-refractivity contribution in [2.24, 2.45) is 5.92 Å². The molecule has 6 heteroatoms. The molecule has 1 aliphatic rings. The summed E-state index contributed by atoms with van der Waals surface area (Å²) < 4.78 is 13.6. The summed E-state index contributed by atoms with van der Waals surface area (Å²) in [6.45, 7) is 2.78. The molecule has 0 atom stereocenters. The first-order valence-corrected chi connectivity index (χ1v) is 9.39. The van der Waals surface area contributed by atoms with Crippen LogP contribution in [-0.2, 0) is 16.0 Å². The number of carbonyl (C=O) groups excluding carboxylic acids is 2. The van der Waals surface area contributed by atoms with Crippen molar-refractivity contribution in [2.75, 3.05) is 18.4 Å². The van der Waals surface area contributed by atoms with Gasteiger partial charge in [0.1, 0.15) is 5.82 Å². The van der Waals surface area contributed by atoms with Gasteiger partial charge in [-0.2, -0.15) is 0 Å². The highest BCUT2D eigenvalue weighted by atomic mass is 35.5. The van der Waals surface area contributed by atoms with Gasteiger partial charge < -0.3 is 10.2 Å². The van der Waals surface area contributed by atoms with Crippen molar-refractivity contribution in [3.05, 3.63) is 64.4 Å². The van der Waals surface area contributed by atoms with Crippen LogP contribution in [-0.4, -0.2) is 29.8 Å². The molecule has 2 amide bonds. The van der Waals surface area contributed by atoms with E-state index in [1.54, 1.807) is 36.1 Å². The third kappa shape index (κ3) is 5.07. The van der Waals surface area contributed by atoms with Crippen LogP contribution in [0.5, 0.6) is 0 Å². The van der Waals surface area contributed by atoms with Crippen LogP contribution in [0.15, 0.2) is 42.5 Å². The molecule has 2 aromatic carbocycles. The Kier molecular flexibility index (Phi) is 6.11. The van der Waals surface area contributed by atoms with Crippen molar-refractivity contribution in [2.45, 2.75) is 26.2 Å². The number of piperidine rings is 1. The van der Waals surface area contributed by atoms with E-state index >= 15 is 0 Å². The fourth-order valence-electron chi connectivity index (χ4n) is 3.19. The van der Waals surface area contributed by atoms with Crippen molar-refractivity contribution in [1.29, 1.82) is 0 Å². The summed E-state index contributed by atoms with van der Waals surface area (Å²) in [5, 5.41) is 3.42. The van der Waals surface area contributed by atoms with Gasteiger partial charge in [-0.3, -0.25) is 9.59 Å². The number of carbonyl (C=O) groups is 2. The molecule has 0 aliphatic carbocycles. The van der Waals surface area contributed by atoms with Gasteiger partial charge in [0, 0.05) is 29.7 Å². The summed E-state index contributed by atoms with van der Waals surface area (Å²) in [6.07, 6.45) is 1.54.